The molecular formula is C28H26N2O6. The van der Waals surface area contributed by atoms with Crippen LogP contribution in [0.5, 0.6) is 0 Å². The number of amides is 1. The number of nitrogens with zero attached hydrogens (tertiary/aromatic N) is 1. The van der Waals surface area contributed by atoms with Crippen LogP contribution >= 0.6 is 0 Å². The number of alkyl carbamates (subject to hydrolysis) is 1. The Morgan fingerprint density at radius 2 is 1.67 bits per heavy atom. The number of hydrogen-bond donors (Lipinski definition) is 1. The number of carbonyl (C=O) groups excluding carboxylic acids is 2. The van der Waals surface area contributed by atoms with Gasteiger partial charge in [0.05, 0.1) is 22.7 Å². The topological polar surface area (TPSA) is 108 Å². The van der Waals surface area contributed by atoms with Crippen molar-refractivity contribution in [2.75, 3.05) is 19.8 Å². The monoisotopic (exact) mass is 486 g/mol. The van der Waals surface area contributed by atoms with Gasteiger partial charge in [0, 0.05) is 18.5 Å². The first-order valence-electron chi connectivity index (χ1n) is 11.7. The van der Waals surface area contributed by atoms with E-state index in [1.54, 1.807) is 19.1 Å². The number of carbonyl (C=O) groups is 2. The first-order valence-corrected chi connectivity index (χ1v) is 11.7. The number of esters is 1. The summed E-state index contributed by atoms with van der Waals surface area (Å²) in [7, 11) is 0. The highest BCUT2D eigenvalue weighted by Gasteiger charge is 2.28. The Morgan fingerprint density at radius 1 is 1.00 bits per heavy atom. The van der Waals surface area contributed by atoms with Crippen LogP contribution in [0, 0.1) is 10.1 Å². The van der Waals surface area contributed by atoms with Gasteiger partial charge < -0.3 is 14.8 Å². The molecule has 0 aromatic heterocycles. The van der Waals surface area contributed by atoms with E-state index in [4.69, 9.17) is 9.47 Å². The zero-order valence-electron chi connectivity index (χ0n) is 19.8. The van der Waals surface area contributed by atoms with Crippen LogP contribution in [0.2, 0.25) is 0 Å². The normalized spacial score (nSPS) is 12.1. The van der Waals surface area contributed by atoms with Gasteiger partial charge in [0.15, 0.2) is 0 Å². The van der Waals surface area contributed by atoms with Gasteiger partial charge in [0.25, 0.3) is 5.69 Å². The van der Waals surface area contributed by atoms with Gasteiger partial charge in [-0.1, -0.05) is 60.7 Å². The smallest absolute Gasteiger partial charge is 0.407 e. The highest BCUT2D eigenvalue weighted by molar-refractivity contribution is 5.91. The van der Waals surface area contributed by atoms with E-state index in [1.807, 2.05) is 24.3 Å². The Bertz CT molecular complexity index is 1270. The molecule has 0 atom stereocenters. The molecular weight excluding hydrogens is 460 g/mol. The maximum absolute atomic E-state index is 12.3. The van der Waals surface area contributed by atoms with E-state index in [1.165, 1.54) is 18.2 Å². The summed E-state index contributed by atoms with van der Waals surface area (Å²) < 4.78 is 10.4. The first-order chi connectivity index (χ1) is 17.5. The molecule has 1 aliphatic rings. The minimum atomic E-state index is -0.608. The average Bonchev–Trinajstić information content (AvgIpc) is 3.21. The number of benzene rings is 3. The zero-order chi connectivity index (χ0) is 25.5. The van der Waals surface area contributed by atoms with Crippen LogP contribution in [0.1, 0.15) is 46.3 Å². The van der Waals surface area contributed by atoms with Crippen molar-refractivity contribution in [2.45, 2.75) is 19.3 Å². The lowest BCUT2D eigenvalue weighted by molar-refractivity contribution is -0.385. The van der Waals surface area contributed by atoms with E-state index in [9.17, 15) is 19.7 Å². The van der Waals surface area contributed by atoms with Crippen LogP contribution in [0.15, 0.2) is 72.8 Å². The molecule has 0 unspecified atom stereocenters. The number of nitro groups is 1. The van der Waals surface area contributed by atoms with Gasteiger partial charge in [-0.3, -0.25) is 10.1 Å². The number of nitro benzene ring substituents is 1. The van der Waals surface area contributed by atoms with Crippen LogP contribution in [-0.2, 0) is 9.47 Å². The number of rotatable bonds is 9. The Labute approximate surface area is 208 Å². The maximum atomic E-state index is 12.3. The van der Waals surface area contributed by atoms with Gasteiger partial charge in [0.2, 0.25) is 0 Å². The SMILES string of the molecule is CCOC(=O)c1ccc(C=CCCNC(=O)OCC2c3ccccc3-c3ccccc32)c([N+](=O)[O-])c1. The van der Waals surface area contributed by atoms with Gasteiger partial charge in [-0.2, -0.15) is 0 Å². The third-order valence-corrected chi connectivity index (χ3v) is 5.96. The van der Waals surface area contributed by atoms with Crippen LogP contribution in [-0.4, -0.2) is 36.7 Å². The Kier molecular flexibility index (Phi) is 7.75. The number of ether oxygens (including phenoxy) is 2. The molecule has 36 heavy (non-hydrogen) atoms. The third kappa shape index (κ3) is 5.43. The molecule has 8 nitrogen and oxygen atoms in total. The van der Waals surface area contributed by atoms with Crippen LogP contribution in [0.3, 0.4) is 0 Å². The van der Waals surface area contributed by atoms with E-state index < -0.39 is 17.0 Å². The molecule has 1 aliphatic carbocycles. The summed E-state index contributed by atoms with van der Waals surface area (Å²) in [6, 6.07) is 20.4. The van der Waals surface area contributed by atoms with E-state index in [0.29, 0.717) is 18.5 Å². The minimum Gasteiger partial charge on any atom is -0.462 e. The third-order valence-electron chi connectivity index (χ3n) is 5.96. The summed E-state index contributed by atoms with van der Waals surface area (Å²) >= 11 is 0. The van der Waals surface area contributed by atoms with Crippen LogP contribution in [0.25, 0.3) is 17.2 Å². The molecule has 4 rings (SSSR count). The molecule has 0 aliphatic heterocycles. The highest BCUT2D eigenvalue weighted by Crippen LogP contribution is 2.44. The second kappa shape index (κ2) is 11.3. The molecule has 8 heteroatoms. The molecule has 1 amide bonds. The van der Waals surface area contributed by atoms with E-state index in [0.717, 1.165) is 22.3 Å². The fraction of sp³-hybridized carbons (Fsp3) is 0.214. The van der Waals surface area contributed by atoms with Crippen molar-refractivity contribution < 1.29 is 24.0 Å². The van der Waals surface area contributed by atoms with Crippen molar-refractivity contribution >= 4 is 23.8 Å². The van der Waals surface area contributed by atoms with Gasteiger partial charge in [-0.25, -0.2) is 9.59 Å². The molecule has 0 spiro atoms. The van der Waals surface area contributed by atoms with Crippen molar-refractivity contribution in [1.29, 1.82) is 0 Å². The van der Waals surface area contributed by atoms with Crippen LogP contribution in [0.4, 0.5) is 10.5 Å². The standard InChI is InChI=1S/C28H26N2O6/c1-2-35-27(31)20-15-14-19(26(17-20)30(33)34)9-7-8-16-29-28(32)36-18-25-23-12-5-3-10-21(23)22-11-4-6-13-24(22)25/h3-7,9-15,17,25H,2,8,16,18H2,1H3,(H,29,32). The molecule has 184 valence electrons. The summed E-state index contributed by atoms with van der Waals surface area (Å²) in [6.07, 6.45) is 3.24. The van der Waals surface area contributed by atoms with Gasteiger partial charge in [-0.05, 0) is 47.7 Å². The first kappa shape index (κ1) is 24.7. The second-order valence-corrected chi connectivity index (χ2v) is 8.19. The molecule has 0 radical (unpaired) electrons. The summed E-state index contributed by atoms with van der Waals surface area (Å²) in [6.45, 7) is 2.39. The van der Waals surface area contributed by atoms with Crippen molar-refractivity contribution in [3.8, 4) is 11.1 Å². The Hall–Kier alpha value is -4.46. The van der Waals surface area contributed by atoms with Gasteiger partial charge >= 0.3 is 12.1 Å². The predicted molar refractivity (Wildman–Crippen MR) is 136 cm³/mol. The van der Waals surface area contributed by atoms with E-state index >= 15 is 0 Å². The lowest BCUT2D eigenvalue weighted by Crippen LogP contribution is -2.26. The van der Waals surface area contributed by atoms with Crippen molar-refractivity contribution in [1.82, 2.24) is 5.32 Å². The van der Waals surface area contributed by atoms with E-state index in [-0.39, 0.29) is 30.4 Å². The quantitative estimate of drug-likeness (QED) is 0.180. The zero-order valence-corrected chi connectivity index (χ0v) is 19.8. The summed E-state index contributed by atoms with van der Waals surface area (Å²) in [4.78, 5) is 35.0. The Balaban J connectivity index is 1.29. The fourth-order valence-corrected chi connectivity index (χ4v) is 4.30. The number of nitrogens with one attached hydrogen (secondary N) is 1. The number of fused-ring (bicyclic) bond motifs is 3. The minimum absolute atomic E-state index is 0.0128. The summed E-state index contributed by atoms with van der Waals surface area (Å²) in [5.74, 6) is -0.621. The maximum Gasteiger partial charge on any atom is 0.407 e. The average molecular weight is 487 g/mol. The molecule has 0 saturated carbocycles. The van der Waals surface area contributed by atoms with Crippen molar-refractivity contribution in [3.63, 3.8) is 0 Å². The molecule has 3 aromatic rings. The molecule has 3 aromatic carbocycles. The van der Waals surface area contributed by atoms with E-state index in [2.05, 4.69) is 29.6 Å². The predicted octanol–water partition coefficient (Wildman–Crippen LogP) is 5.71. The highest BCUT2D eigenvalue weighted by atomic mass is 16.6. The van der Waals surface area contributed by atoms with Crippen molar-refractivity contribution in [3.05, 3.63) is 105 Å². The van der Waals surface area contributed by atoms with Crippen molar-refractivity contribution in [2.24, 2.45) is 0 Å². The Morgan fingerprint density at radius 3 is 2.31 bits per heavy atom. The lowest BCUT2D eigenvalue weighted by Gasteiger charge is -2.14. The van der Waals surface area contributed by atoms with Crippen LogP contribution < -0.4 is 5.32 Å². The molecule has 0 fully saturated rings. The summed E-state index contributed by atoms with van der Waals surface area (Å²) in [5, 5.41) is 14.1. The van der Waals surface area contributed by atoms with Gasteiger partial charge in [-0.15, -0.1) is 0 Å². The summed E-state index contributed by atoms with van der Waals surface area (Å²) in [5.41, 5.74) is 4.90. The largest absolute Gasteiger partial charge is 0.462 e. The molecule has 0 saturated heterocycles. The fourth-order valence-electron chi connectivity index (χ4n) is 4.30. The molecule has 0 heterocycles. The lowest BCUT2D eigenvalue weighted by atomic mass is 9.98. The molecule has 0 bridgehead atoms. The second-order valence-electron chi connectivity index (χ2n) is 8.19. The number of hydrogen-bond acceptors (Lipinski definition) is 6. The van der Waals surface area contributed by atoms with Gasteiger partial charge in [0.1, 0.15) is 6.61 Å². The molecule has 1 N–H and O–H groups in total.